The quantitative estimate of drug-likeness (QED) is 0.897. The molecule has 2 nitrogen and oxygen atoms in total. The van der Waals surface area contributed by atoms with Gasteiger partial charge in [-0.1, -0.05) is 12.1 Å². The van der Waals surface area contributed by atoms with Gasteiger partial charge in [-0.3, -0.25) is 4.79 Å². The predicted molar refractivity (Wildman–Crippen MR) is 85.3 cm³/mol. The molecular weight excluding hydrogens is 296 g/mol. The van der Waals surface area contributed by atoms with Crippen molar-refractivity contribution in [2.45, 2.75) is 38.6 Å². The molecule has 2 aromatic carbocycles. The number of amides is 1. The molecule has 0 saturated heterocycles. The van der Waals surface area contributed by atoms with Crippen LogP contribution in [0.2, 0.25) is 0 Å². The lowest BCUT2D eigenvalue weighted by molar-refractivity contribution is 0.0939. The molecule has 1 N–H and O–H groups in total. The maximum absolute atomic E-state index is 13.8. The summed E-state index contributed by atoms with van der Waals surface area (Å²) in [5.41, 5.74) is 3.40. The number of rotatable bonds is 3. The van der Waals surface area contributed by atoms with Gasteiger partial charge in [0.1, 0.15) is 11.6 Å². The van der Waals surface area contributed by atoms with Crippen molar-refractivity contribution in [2.75, 3.05) is 0 Å². The van der Waals surface area contributed by atoms with Gasteiger partial charge in [-0.05, 0) is 61.9 Å². The Balaban J connectivity index is 1.76. The average Bonchev–Trinajstić information content (AvgIpc) is 2.54. The van der Waals surface area contributed by atoms with E-state index < -0.39 is 17.7 Å². The largest absolute Gasteiger partial charge is 0.345 e. The second kappa shape index (κ2) is 6.49. The zero-order valence-corrected chi connectivity index (χ0v) is 13.0. The first-order chi connectivity index (χ1) is 11.0. The summed E-state index contributed by atoms with van der Waals surface area (Å²) in [5.74, 6) is -1.52. The molecule has 23 heavy (non-hydrogen) atoms. The van der Waals surface area contributed by atoms with Crippen molar-refractivity contribution >= 4 is 5.91 Å². The van der Waals surface area contributed by atoms with Crippen LogP contribution in [-0.2, 0) is 12.8 Å². The van der Waals surface area contributed by atoms with Gasteiger partial charge in [0.25, 0.3) is 5.91 Å². The molecule has 4 heteroatoms. The third kappa shape index (κ3) is 3.41. The minimum Gasteiger partial charge on any atom is -0.345 e. The molecule has 0 aromatic heterocycles. The molecular formula is C19H19F2NO. The molecule has 1 aliphatic rings. The van der Waals surface area contributed by atoms with Crippen LogP contribution in [0.4, 0.5) is 8.78 Å². The van der Waals surface area contributed by atoms with E-state index in [4.69, 9.17) is 0 Å². The van der Waals surface area contributed by atoms with Gasteiger partial charge < -0.3 is 5.32 Å². The third-order valence-corrected chi connectivity index (χ3v) is 4.39. The summed E-state index contributed by atoms with van der Waals surface area (Å²) in [7, 11) is 0. The van der Waals surface area contributed by atoms with E-state index >= 15 is 0 Å². The van der Waals surface area contributed by atoms with Gasteiger partial charge >= 0.3 is 0 Å². The van der Waals surface area contributed by atoms with Crippen LogP contribution in [0.25, 0.3) is 0 Å². The smallest absolute Gasteiger partial charge is 0.251 e. The highest BCUT2D eigenvalue weighted by molar-refractivity contribution is 5.94. The Hall–Kier alpha value is -2.23. The van der Waals surface area contributed by atoms with Crippen LogP contribution in [0.15, 0.2) is 36.4 Å². The monoisotopic (exact) mass is 315 g/mol. The van der Waals surface area contributed by atoms with Crippen molar-refractivity contribution in [3.05, 3.63) is 70.3 Å². The maximum atomic E-state index is 13.8. The van der Waals surface area contributed by atoms with E-state index in [1.807, 2.05) is 18.2 Å². The SMILES string of the molecule is CC(NC(=O)c1ccc2c(c1)CCCC2)c1ccc(F)cc1F. The minimum absolute atomic E-state index is 0.241. The summed E-state index contributed by atoms with van der Waals surface area (Å²) >= 11 is 0. The fourth-order valence-corrected chi connectivity index (χ4v) is 3.09. The first-order valence-electron chi connectivity index (χ1n) is 7.92. The van der Waals surface area contributed by atoms with E-state index in [2.05, 4.69) is 5.32 Å². The van der Waals surface area contributed by atoms with Gasteiger partial charge in [-0.15, -0.1) is 0 Å². The van der Waals surface area contributed by atoms with Crippen LogP contribution >= 0.6 is 0 Å². The van der Waals surface area contributed by atoms with Crippen molar-refractivity contribution in [1.29, 1.82) is 0 Å². The third-order valence-electron chi connectivity index (χ3n) is 4.39. The Morgan fingerprint density at radius 1 is 1.04 bits per heavy atom. The zero-order chi connectivity index (χ0) is 16.4. The summed E-state index contributed by atoms with van der Waals surface area (Å²) in [4.78, 5) is 12.4. The lowest BCUT2D eigenvalue weighted by atomic mass is 9.90. The Labute approximate surface area is 134 Å². The zero-order valence-electron chi connectivity index (χ0n) is 13.0. The molecule has 0 radical (unpaired) electrons. The van der Waals surface area contributed by atoms with E-state index in [1.165, 1.54) is 29.7 Å². The Bertz CT molecular complexity index is 742. The van der Waals surface area contributed by atoms with Crippen molar-refractivity contribution in [1.82, 2.24) is 5.32 Å². The van der Waals surface area contributed by atoms with Crippen molar-refractivity contribution < 1.29 is 13.6 Å². The molecule has 0 heterocycles. The lowest BCUT2D eigenvalue weighted by Crippen LogP contribution is -2.27. The highest BCUT2D eigenvalue weighted by Crippen LogP contribution is 2.23. The number of carbonyl (C=O) groups excluding carboxylic acids is 1. The molecule has 3 rings (SSSR count). The van der Waals surface area contributed by atoms with Gasteiger partial charge in [0.05, 0.1) is 6.04 Å². The fraction of sp³-hybridized carbons (Fsp3) is 0.316. The molecule has 120 valence electrons. The molecule has 2 aromatic rings. The molecule has 0 saturated carbocycles. The van der Waals surface area contributed by atoms with Crippen molar-refractivity contribution in [3.8, 4) is 0 Å². The van der Waals surface area contributed by atoms with Crippen LogP contribution in [0.3, 0.4) is 0 Å². The second-order valence-electron chi connectivity index (χ2n) is 6.05. The number of carbonyl (C=O) groups is 1. The number of aryl methyl sites for hydroxylation is 2. The van der Waals surface area contributed by atoms with Gasteiger partial charge in [0, 0.05) is 17.2 Å². The standard InChI is InChI=1S/C19H19F2NO/c1-12(17-9-8-16(20)11-18(17)21)22-19(23)15-7-6-13-4-2-3-5-14(13)10-15/h6-12H,2-5H2,1H3,(H,22,23). The van der Waals surface area contributed by atoms with Gasteiger partial charge in [-0.2, -0.15) is 0 Å². The van der Waals surface area contributed by atoms with E-state index in [0.717, 1.165) is 25.3 Å². The van der Waals surface area contributed by atoms with Gasteiger partial charge in [0.15, 0.2) is 0 Å². The molecule has 0 bridgehead atoms. The highest BCUT2D eigenvalue weighted by atomic mass is 19.1. The number of nitrogens with one attached hydrogen (secondary N) is 1. The number of hydrogen-bond acceptors (Lipinski definition) is 1. The van der Waals surface area contributed by atoms with Crippen LogP contribution in [0, 0.1) is 11.6 Å². The van der Waals surface area contributed by atoms with Crippen LogP contribution < -0.4 is 5.32 Å². The maximum Gasteiger partial charge on any atom is 0.251 e. The molecule has 1 atom stereocenters. The summed E-state index contributed by atoms with van der Waals surface area (Å²) in [5, 5.41) is 2.78. The minimum atomic E-state index is -0.650. The second-order valence-corrected chi connectivity index (χ2v) is 6.05. The van der Waals surface area contributed by atoms with Crippen LogP contribution in [0.5, 0.6) is 0 Å². The van der Waals surface area contributed by atoms with Crippen molar-refractivity contribution in [2.24, 2.45) is 0 Å². The molecule has 0 fully saturated rings. The topological polar surface area (TPSA) is 29.1 Å². The van der Waals surface area contributed by atoms with Gasteiger partial charge in [-0.25, -0.2) is 8.78 Å². The molecule has 1 amide bonds. The van der Waals surface area contributed by atoms with E-state index in [9.17, 15) is 13.6 Å². The number of fused-ring (bicyclic) bond motifs is 1. The van der Waals surface area contributed by atoms with E-state index in [0.29, 0.717) is 5.56 Å². The van der Waals surface area contributed by atoms with Crippen LogP contribution in [-0.4, -0.2) is 5.91 Å². The fourth-order valence-electron chi connectivity index (χ4n) is 3.09. The summed E-state index contributed by atoms with van der Waals surface area (Å²) in [6.45, 7) is 1.69. The molecule has 0 spiro atoms. The van der Waals surface area contributed by atoms with E-state index in [1.54, 1.807) is 6.92 Å². The average molecular weight is 315 g/mol. The number of benzene rings is 2. The first-order valence-corrected chi connectivity index (χ1v) is 7.92. The number of halogens is 2. The lowest BCUT2D eigenvalue weighted by Gasteiger charge is -2.18. The number of hydrogen-bond donors (Lipinski definition) is 1. The van der Waals surface area contributed by atoms with Crippen LogP contribution in [0.1, 0.15) is 52.9 Å². The van der Waals surface area contributed by atoms with Gasteiger partial charge in [0.2, 0.25) is 0 Å². The predicted octanol–water partition coefficient (Wildman–Crippen LogP) is 4.33. The van der Waals surface area contributed by atoms with E-state index in [-0.39, 0.29) is 11.5 Å². The Morgan fingerprint density at radius 2 is 1.78 bits per heavy atom. The molecule has 0 aliphatic heterocycles. The first kappa shape index (κ1) is 15.7. The Kier molecular flexibility index (Phi) is 4.42. The molecule has 1 unspecified atom stereocenters. The normalized spacial score (nSPS) is 14.9. The summed E-state index contributed by atoms with van der Waals surface area (Å²) in [6, 6.07) is 8.61. The Morgan fingerprint density at radius 3 is 2.52 bits per heavy atom. The molecule has 1 aliphatic carbocycles. The van der Waals surface area contributed by atoms with Crippen molar-refractivity contribution in [3.63, 3.8) is 0 Å². The highest BCUT2D eigenvalue weighted by Gasteiger charge is 2.17. The summed E-state index contributed by atoms with van der Waals surface area (Å²) in [6.07, 6.45) is 4.40. The summed E-state index contributed by atoms with van der Waals surface area (Å²) < 4.78 is 26.8.